The monoisotopic (exact) mass is 653 g/mol. The van der Waals surface area contributed by atoms with Crippen LogP contribution in [0.2, 0.25) is 0 Å². The Morgan fingerprint density at radius 2 is 1.70 bits per heavy atom. The van der Waals surface area contributed by atoms with Gasteiger partial charge in [-0.15, -0.1) is 0 Å². The number of anilines is 3. The van der Waals surface area contributed by atoms with E-state index in [1.165, 1.54) is 43.8 Å². The first kappa shape index (κ1) is 32.6. The number of piperidine rings is 1. The number of benzene rings is 3. The standard InChI is InChI=1S/C32H33F2N5O6S/c1-38-14-11-22(12-15-38)13-16-44-31-9-3-23(17-27(31)33)29-19-32(36-20-35-29)37-24-4-6-25(7-5-24)39(45-21-40)46(41,42)26-8-10-30(43-2)28(34)18-26/h3-10,17-22H,11-16H2,1-2H3,(H,35,36,37). The number of nitrogens with zero attached hydrogens (tertiary/aromatic N) is 4. The van der Waals surface area contributed by atoms with Crippen LogP contribution in [0.1, 0.15) is 19.3 Å². The van der Waals surface area contributed by atoms with Crippen LogP contribution in [-0.2, 0) is 19.7 Å². The highest BCUT2D eigenvalue weighted by atomic mass is 32.2. The predicted molar refractivity (Wildman–Crippen MR) is 167 cm³/mol. The lowest BCUT2D eigenvalue weighted by atomic mass is 9.94. The van der Waals surface area contributed by atoms with Crippen LogP contribution in [0.25, 0.3) is 11.3 Å². The van der Waals surface area contributed by atoms with Crippen molar-refractivity contribution in [3.05, 3.63) is 84.7 Å². The zero-order valence-corrected chi connectivity index (χ0v) is 26.0. The molecule has 2 heterocycles. The van der Waals surface area contributed by atoms with Gasteiger partial charge in [0.2, 0.25) is 0 Å². The van der Waals surface area contributed by atoms with Crippen LogP contribution in [0.4, 0.5) is 26.0 Å². The van der Waals surface area contributed by atoms with E-state index in [0.29, 0.717) is 39.8 Å². The number of hydrogen-bond donors (Lipinski definition) is 1. The lowest BCUT2D eigenvalue weighted by Crippen LogP contribution is -2.31. The van der Waals surface area contributed by atoms with Crippen LogP contribution in [0, 0.1) is 17.6 Å². The molecule has 0 saturated carbocycles. The number of carbonyl (C=O) groups is 1. The molecule has 14 heteroatoms. The van der Waals surface area contributed by atoms with Crippen LogP contribution in [0.5, 0.6) is 11.5 Å². The zero-order chi connectivity index (χ0) is 32.7. The normalized spacial score (nSPS) is 14.0. The van der Waals surface area contributed by atoms with Crippen molar-refractivity contribution in [1.82, 2.24) is 14.9 Å². The quantitative estimate of drug-likeness (QED) is 0.145. The Balaban J connectivity index is 1.25. The molecule has 0 spiro atoms. The molecule has 0 bridgehead atoms. The third-order valence-electron chi connectivity index (χ3n) is 7.65. The summed E-state index contributed by atoms with van der Waals surface area (Å²) in [5.74, 6) is -0.365. The van der Waals surface area contributed by atoms with Crippen molar-refractivity contribution in [3.63, 3.8) is 0 Å². The van der Waals surface area contributed by atoms with E-state index in [1.807, 2.05) is 0 Å². The summed E-state index contributed by atoms with van der Waals surface area (Å²) in [6.45, 7) is 2.55. The first-order chi connectivity index (χ1) is 22.2. The van der Waals surface area contributed by atoms with Crippen LogP contribution in [0.3, 0.4) is 0 Å². The van der Waals surface area contributed by atoms with Gasteiger partial charge in [-0.3, -0.25) is 4.79 Å². The molecule has 1 saturated heterocycles. The van der Waals surface area contributed by atoms with Gasteiger partial charge in [0.05, 0.1) is 30.0 Å². The fourth-order valence-corrected chi connectivity index (χ4v) is 6.29. The fraction of sp³-hybridized carbons (Fsp3) is 0.281. The average Bonchev–Trinajstić information content (AvgIpc) is 3.05. The highest BCUT2D eigenvalue weighted by molar-refractivity contribution is 7.92. The third kappa shape index (κ3) is 7.69. The molecule has 1 aliphatic heterocycles. The molecule has 46 heavy (non-hydrogen) atoms. The van der Waals surface area contributed by atoms with Gasteiger partial charge in [-0.1, -0.05) is 4.47 Å². The molecule has 5 rings (SSSR count). The highest BCUT2D eigenvalue weighted by Gasteiger charge is 2.28. The zero-order valence-electron chi connectivity index (χ0n) is 25.2. The molecule has 1 N–H and O–H groups in total. The minimum atomic E-state index is -4.49. The molecule has 0 aliphatic carbocycles. The van der Waals surface area contributed by atoms with Gasteiger partial charge < -0.3 is 24.5 Å². The van der Waals surface area contributed by atoms with Gasteiger partial charge in [-0.05, 0) is 106 Å². The average molecular weight is 654 g/mol. The van der Waals surface area contributed by atoms with Crippen LogP contribution < -0.4 is 19.3 Å². The smallest absolute Gasteiger partial charge is 0.322 e. The van der Waals surface area contributed by atoms with E-state index in [9.17, 15) is 22.0 Å². The Labute approximate surface area is 265 Å². The number of likely N-dealkylation sites (tertiary alicyclic amines) is 1. The fourth-order valence-electron chi connectivity index (χ4n) is 5.06. The Bertz CT molecular complexity index is 1770. The van der Waals surface area contributed by atoms with Crippen LogP contribution in [0.15, 0.2) is 78.0 Å². The van der Waals surface area contributed by atoms with Gasteiger partial charge in [-0.25, -0.2) is 18.7 Å². The summed E-state index contributed by atoms with van der Waals surface area (Å²) in [6.07, 6.45) is 4.46. The van der Waals surface area contributed by atoms with E-state index in [0.717, 1.165) is 50.6 Å². The van der Waals surface area contributed by atoms with Gasteiger partial charge in [-0.2, -0.15) is 8.42 Å². The van der Waals surface area contributed by atoms with E-state index < -0.39 is 26.6 Å². The van der Waals surface area contributed by atoms with Crippen molar-refractivity contribution in [2.75, 3.05) is 43.6 Å². The molecule has 4 aromatic rings. The van der Waals surface area contributed by atoms with Crippen molar-refractivity contribution in [2.45, 2.75) is 24.2 Å². The first-order valence-electron chi connectivity index (χ1n) is 14.5. The first-order valence-corrected chi connectivity index (χ1v) is 15.9. The molecule has 1 aromatic heterocycles. The summed E-state index contributed by atoms with van der Waals surface area (Å²) in [7, 11) is -1.12. The second kappa shape index (κ2) is 14.5. The number of methoxy groups -OCH3 is 1. The van der Waals surface area contributed by atoms with Gasteiger partial charge in [0, 0.05) is 17.3 Å². The van der Waals surface area contributed by atoms with Crippen molar-refractivity contribution < 1.29 is 36.3 Å². The minimum absolute atomic E-state index is 0.0265. The van der Waals surface area contributed by atoms with E-state index in [4.69, 9.17) is 14.3 Å². The summed E-state index contributed by atoms with van der Waals surface area (Å²) in [5, 5.41) is 3.08. The summed E-state index contributed by atoms with van der Waals surface area (Å²) in [4.78, 5) is 26.3. The number of hydrogen-bond acceptors (Lipinski definition) is 10. The van der Waals surface area contributed by atoms with Gasteiger partial charge in [0.25, 0.3) is 10.0 Å². The molecule has 0 atom stereocenters. The molecule has 0 unspecified atom stereocenters. The van der Waals surface area contributed by atoms with E-state index >= 15 is 0 Å². The molecule has 1 aliphatic rings. The minimum Gasteiger partial charge on any atom is -0.494 e. The van der Waals surface area contributed by atoms with E-state index in [2.05, 4.69) is 27.2 Å². The maximum atomic E-state index is 14.9. The van der Waals surface area contributed by atoms with Crippen molar-refractivity contribution in [2.24, 2.45) is 5.92 Å². The van der Waals surface area contributed by atoms with Gasteiger partial charge in [0.15, 0.2) is 23.1 Å². The second-order valence-electron chi connectivity index (χ2n) is 10.7. The molecule has 1 fully saturated rings. The number of carbonyl (C=O) groups excluding carboxylic acids is 1. The maximum absolute atomic E-state index is 14.9. The number of aromatic nitrogens is 2. The molecule has 3 aromatic carbocycles. The molecular weight excluding hydrogens is 620 g/mol. The lowest BCUT2D eigenvalue weighted by Gasteiger charge is -2.28. The number of nitrogens with one attached hydrogen (secondary N) is 1. The largest absolute Gasteiger partial charge is 0.494 e. The molecule has 11 nitrogen and oxygen atoms in total. The predicted octanol–water partition coefficient (Wildman–Crippen LogP) is 5.57. The number of halogens is 2. The number of rotatable bonds is 13. The highest BCUT2D eigenvalue weighted by Crippen LogP contribution is 2.30. The summed E-state index contributed by atoms with van der Waals surface area (Å²) < 4.78 is 66.4. The molecular formula is C32H33F2N5O6S. The van der Waals surface area contributed by atoms with E-state index in [-0.39, 0.29) is 23.7 Å². The molecule has 242 valence electrons. The summed E-state index contributed by atoms with van der Waals surface area (Å²) in [6, 6.07) is 15.2. The summed E-state index contributed by atoms with van der Waals surface area (Å²) >= 11 is 0. The Kier molecular flexibility index (Phi) is 10.3. The molecule has 0 radical (unpaired) electrons. The third-order valence-corrected chi connectivity index (χ3v) is 9.23. The molecule has 0 amide bonds. The second-order valence-corrected chi connectivity index (χ2v) is 12.5. The van der Waals surface area contributed by atoms with Crippen LogP contribution in [-0.4, -0.2) is 63.6 Å². The summed E-state index contributed by atoms with van der Waals surface area (Å²) in [5.41, 5.74) is 1.48. The Morgan fingerprint density at radius 1 is 0.978 bits per heavy atom. The SMILES string of the molecule is COc1ccc(S(=O)(=O)N(OC=O)c2ccc(Nc3cc(-c4ccc(OCCC5CCN(C)CC5)c(F)c4)ncn3)cc2)cc1F. The Morgan fingerprint density at radius 3 is 2.37 bits per heavy atom. The van der Waals surface area contributed by atoms with E-state index in [1.54, 1.807) is 18.2 Å². The number of sulfonamides is 1. The van der Waals surface area contributed by atoms with Gasteiger partial charge in [0.1, 0.15) is 12.1 Å². The van der Waals surface area contributed by atoms with Crippen molar-refractivity contribution in [1.29, 1.82) is 0 Å². The van der Waals surface area contributed by atoms with Crippen molar-refractivity contribution >= 4 is 33.7 Å². The van der Waals surface area contributed by atoms with Crippen molar-refractivity contribution in [3.8, 4) is 22.8 Å². The lowest BCUT2D eigenvalue weighted by molar-refractivity contribution is -0.128. The topological polar surface area (TPSA) is 123 Å². The van der Waals surface area contributed by atoms with Gasteiger partial charge >= 0.3 is 6.47 Å². The van der Waals surface area contributed by atoms with Crippen LogP contribution >= 0.6 is 0 Å². The maximum Gasteiger partial charge on any atom is 0.322 e. The Hall–Kier alpha value is -4.82. The number of ether oxygens (including phenoxy) is 2.